The Bertz CT molecular complexity index is 705. The Morgan fingerprint density at radius 2 is 1.95 bits per heavy atom. The van der Waals surface area contributed by atoms with E-state index in [1.807, 2.05) is 50.2 Å². The predicted octanol–water partition coefficient (Wildman–Crippen LogP) is 1.04. The Balaban J connectivity index is 2.21. The van der Waals surface area contributed by atoms with E-state index in [9.17, 15) is 9.59 Å². The lowest BCUT2D eigenvalue weighted by Crippen LogP contribution is -2.33. The Morgan fingerprint density at radius 3 is 2.59 bits per heavy atom. The lowest BCUT2D eigenvalue weighted by molar-refractivity contribution is 0.0945. The number of H-pyrrole nitrogens is 1. The van der Waals surface area contributed by atoms with Crippen LogP contribution in [0.3, 0.4) is 0 Å². The molecule has 0 radical (unpaired) electrons. The van der Waals surface area contributed by atoms with Crippen LogP contribution < -0.4 is 11.0 Å². The van der Waals surface area contributed by atoms with Gasteiger partial charge in [-0.3, -0.25) is 4.79 Å². The minimum Gasteiger partial charge on any atom is -0.349 e. The highest BCUT2D eigenvalue weighted by molar-refractivity contribution is 5.93. The predicted molar refractivity (Wildman–Crippen MR) is 85.9 cm³/mol. The third kappa shape index (κ3) is 4.26. The molecule has 0 fully saturated rings. The maximum absolute atomic E-state index is 12.1. The molecule has 2 aromatic rings. The number of benzene rings is 1. The van der Waals surface area contributed by atoms with Gasteiger partial charge in [-0.05, 0) is 27.1 Å². The number of carbonyl (C=O) groups excluding carboxylic acids is 1. The van der Waals surface area contributed by atoms with E-state index >= 15 is 0 Å². The molecule has 2 N–H and O–H groups in total. The van der Waals surface area contributed by atoms with Gasteiger partial charge in [0.15, 0.2) is 0 Å². The van der Waals surface area contributed by atoms with Gasteiger partial charge >= 0.3 is 5.69 Å². The van der Waals surface area contributed by atoms with Crippen LogP contribution in [0.2, 0.25) is 0 Å². The highest BCUT2D eigenvalue weighted by Crippen LogP contribution is 2.16. The summed E-state index contributed by atoms with van der Waals surface area (Å²) in [4.78, 5) is 32.1. The third-order valence-electron chi connectivity index (χ3n) is 3.18. The number of hydrogen-bond acceptors (Lipinski definition) is 4. The van der Waals surface area contributed by atoms with Crippen LogP contribution in [0.4, 0.5) is 0 Å². The van der Waals surface area contributed by atoms with Gasteiger partial charge in [0.05, 0.1) is 5.69 Å². The fraction of sp³-hybridized carbons (Fsp3) is 0.312. The van der Waals surface area contributed by atoms with Crippen LogP contribution in [0.25, 0.3) is 11.3 Å². The van der Waals surface area contributed by atoms with E-state index in [1.54, 1.807) is 6.07 Å². The number of hydrogen-bond donors (Lipinski definition) is 2. The van der Waals surface area contributed by atoms with Crippen LogP contribution in [-0.4, -0.2) is 48.0 Å². The molecule has 2 rings (SSSR count). The topological polar surface area (TPSA) is 78.1 Å². The van der Waals surface area contributed by atoms with E-state index in [-0.39, 0.29) is 11.6 Å². The summed E-state index contributed by atoms with van der Waals surface area (Å²) < 4.78 is 0. The van der Waals surface area contributed by atoms with Gasteiger partial charge in [0, 0.05) is 18.7 Å². The van der Waals surface area contributed by atoms with Gasteiger partial charge in [-0.2, -0.15) is 4.98 Å². The van der Waals surface area contributed by atoms with E-state index in [1.165, 1.54) is 0 Å². The van der Waals surface area contributed by atoms with Gasteiger partial charge in [0.25, 0.3) is 5.91 Å². The summed E-state index contributed by atoms with van der Waals surface area (Å²) >= 11 is 0. The zero-order valence-electron chi connectivity index (χ0n) is 13.0. The Kier molecular flexibility index (Phi) is 5.06. The van der Waals surface area contributed by atoms with Gasteiger partial charge in [0.1, 0.15) is 5.69 Å². The first kappa shape index (κ1) is 15.9. The van der Waals surface area contributed by atoms with Crippen molar-refractivity contribution in [2.45, 2.75) is 6.92 Å². The van der Waals surface area contributed by atoms with Crippen LogP contribution in [0.15, 0.2) is 35.1 Å². The van der Waals surface area contributed by atoms with Crippen LogP contribution in [0.5, 0.6) is 0 Å². The first-order chi connectivity index (χ1) is 10.5. The number of carbonyl (C=O) groups is 1. The number of nitrogens with one attached hydrogen (secondary N) is 2. The van der Waals surface area contributed by atoms with Crippen molar-refractivity contribution in [1.29, 1.82) is 0 Å². The van der Waals surface area contributed by atoms with Crippen LogP contribution in [-0.2, 0) is 0 Å². The first-order valence-corrected chi connectivity index (χ1v) is 7.07. The zero-order valence-corrected chi connectivity index (χ0v) is 13.0. The fourth-order valence-electron chi connectivity index (χ4n) is 1.94. The number of likely N-dealkylation sites (N-methyl/N-ethyl adjacent to an activating group) is 1. The van der Waals surface area contributed by atoms with Crippen molar-refractivity contribution in [3.8, 4) is 11.3 Å². The number of rotatable bonds is 5. The second-order valence-electron chi connectivity index (χ2n) is 5.41. The Hall–Kier alpha value is -2.47. The lowest BCUT2D eigenvalue weighted by Gasteiger charge is -2.10. The molecule has 0 bridgehead atoms. The van der Waals surface area contributed by atoms with Crippen molar-refractivity contribution in [1.82, 2.24) is 20.2 Å². The van der Waals surface area contributed by atoms with Gasteiger partial charge in [-0.15, -0.1) is 0 Å². The Morgan fingerprint density at radius 1 is 1.27 bits per heavy atom. The number of aromatic nitrogens is 2. The lowest BCUT2D eigenvalue weighted by atomic mass is 10.1. The zero-order chi connectivity index (χ0) is 16.1. The highest BCUT2D eigenvalue weighted by atomic mass is 16.2. The number of nitrogens with zero attached hydrogens (tertiary/aromatic N) is 2. The molecular weight excluding hydrogens is 280 g/mol. The summed E-state index contributed by atoms with van der Waals surface area (Å²) in [6, 6.07) is 9.23. The second kappa shape index (κ2) is 7.00. The van der Waals surface area contributed by atoms with E-state index in [0.717, 1.165) is 17.7 Å². The third-order valence-corrected chi connectivity index (χ3v) is 3.18. The largest absolute Gasteiger partial charge is 0.349 e. The molecule has 1 aromatic carbocycles. The molecule has 0 spiro atoms. The van der Waals surface area contributed by atoms with Crippen molar-refractivity contribution < 1.29 is 4.79 Å². The summed E-state index contributed by atoms with van der Waals surface area (Å²) in [5, 5.41) is 2.77. The summed E-state index contributed by atoms with van der Waals surface area (Å²) in [6.07, 6.45) is 0. The molecule has 1 aromatic heterocycles. The standard InChI is InChI=1S/C16H20N4O2/c1-11-4-6-12(7-5-11)13-10-14(19-16(22)18-13)15(21)17-8-9-20(2)3/h4-7,10H,8-9H2,1-3H3,(H,17,21)(H,18,19,22). The van der Waals surface area contributed by atoms with Crippen molar-refractivity contribution >= 4 is 5.91 Å². The van der Waals surface area contributed by atoms with Crippen molar-refractivity contribution in [3.05, 3.63) is 52.1 Å². The highest BCUT2D eigenvalue weighted by Gasteiger charge is 2.10. The monoisotopic (exact) mass is 300 g/mol. The van der Waals surface area contributed by atoms with Gasteiger partial charge < -0.3 is 15.2 Å². The molecule has 0 saturated heterocycles. The number of amides is 1. The number of aryl methyl sites for hydroxylation is 1. The van der Waals surface area contributed by atoms with Gasteiger partial charge in [-0.1, -0.05) is 29.8 Å². The molecule has 0 unspecified atom stereocenters. The summed E-state index contributed by atoms with van der Waals surface area (Å²) in [7, 11) is 3.85. The summed E-state index contributed by atoms with van der Waals surface area (Å²) in [6.45, 7) is 3.22. The molecule has 0 saturated carbocycles. The molecule has 116 valence electrons. The molecule has 1 amide bonds. The smallest absolute Gasteiger partial charge is 0.346 e. The normalized spacial score (nSPS) is 10.7. The minimum absolute atomic E-state index is 0.217. The van der Waals surface area contributed by atoms with E-state index in [2.05, 4.69) is 15.3 Å². The maximum atomic E-state index is 12.1. The van der Waals surface area contributed by atoms with Crippen LogP contribution in [0, 0.1) is 6.92 Å². The molecule has 6 nitrogen and oxygen atoms in total. The van der Waals surface area contributed by atoms with Crippen molar-refractivity contribution in [2.24, 2.45) is 0 Å². The van der Waals surface area contributed by atoms with Crippen molar-refractivity contribution in [2.75, 3.05) is 27.2 Å². The molecule has 1 heterocycles. The molecule has 0 aliphatic rings. The second-order valence-corrected chi connectivity index (χ2v) is 5.41. The molecule has 22 heavy (non-hydrogen) atoms. The Labute approximate surface area is 129 Å². The minimum atomic E-state index is -0.532. The maximum Gasteiger partial charge on any atom is 0.346 e. The van der Waals surface area contributed by atoms with E-state index in [0.29, 0.717) is 12.2 Å². The van der Waals surface area contributed by atoms with Crippen LogP contribution >= 0.6 is 0 Å². The van der Waals surface area contributed by atoms with Gasteiger partial charge in [-0.25, -0.2) is 4.79 Å². The molecule has 0 atom stereocenters. The van der Waals surface area contributed by atoms with Crippen LogP contribution in [0.1, 0.15) is 16.1 Å². The van der Waals surface area contributed by atoms with Crippen molar-refractivity contribution in [3.63, 3.8) is 0 Å². The summed E-state index contributed by atoms with van der Waals surface area (Å²) in [5.74, 6) is -0.310. The molecular formula is C16H20N4O2. The molecule has 6 heteroatoms. The average molecular weight is 300 g/mol. The summed E-state index contributed by atoms with van der Waals surface area (Å²) in [5.41, 5.74) is 2.10. The SMILES string of the molecule is Cc1ccc(-c2cc(C(=O)NCCN(C)C)[nH]c(=O)n2)cc1. The average Bonchev–Trinajstić information content (AvgIpc) is 2.46. The van der Waals surface area contributed by atoms with E-state index in [4.69, 9.17) is 0 Å². The molecule has 0 aliphatic carbocycles. The van der Waals surface area contributed by atoms with E-state index < -0.39 is 5.69 Å². The first-order valence-electron chi connectivity index (χ1n) is 7.07. The molecule has 0 aliphatic heterocycles. The fourth-order valence-corrected chi connectivity index (χ4v) is 1.94. The van der Waals surface area contributed by atoms with Gasteiger partial charge in [0.2, 0.25) is 0 Å². The number of aromatic amines is 1. The quantitative estimate of drug-likeness (QED) is 0.865.